The first-order chi connectivity index (χ1) is 14.0. The van der Waals surface area contributed by atoms with Crippen molar-refractivity contribution in [1.29, 1.82) is 0 Å². The predicted octanol–water partition coefficient (Wildman–Crippen LogP) is 7.03. The van der Waals surface area contributed by atoms with Gasteiger partial charge in [0, 0.05) is 17.3 Å². The van der Waals surface area contributed by atoms with Crippen LogP contribution in [0.4, 0.5) is 10.1 Å². The van der Waals surface area contributed by atoms with Crippen molar-refractivity contribution in [2.24, 2.45) is 0 Å². The summed E-state index contributed by atoms with van der Waals surface area (Å²) in [7, 11) is 0. The van der Waals surface area contributed by atoms with Crippen molar-refractivity contribution >= 4 is 28.9 Å². The number of hydrogen-bond donors (Lipinski definition) is 1. The molecule has 3 rings (SSSR count). The highest BCUT2D eigenvalue weighted by Gasteiger charge is 2.13. The standard InChI is InChI=1S/C23H22Cl2FNO2/c1-3-28-22-12-17(13-27-21-6-4-5-19(24)15(21)2)11-20(25)23(22)29-14-16-7-9-18(26)10-8-16/h4-12,27H,3,13-14H2,1-2H3. The lowest BCUT2D eigenvalue weighted by Gasteiger charge is -2.16. The van der Waals surface area contributed by atoms with Crippen molar-refractivity contribution in [3.05, 3.63) is 87.2 Å². The molecule has 0 radical (unpaired) electrons. The second-order valence-corrected chi connectivity index (χ2v) is 7.33. The summed E-state index contributed by atoms with van der Waals surface area (Å²) < 4.78 is 24.7. The van der Waals surface area contributed by atoms with Gasteiger partial charge in [-0.1, -0.05) is 41.4 Å². The molecule has 0 amide bonds. The molecule has 0 aliphatic rings. The van der Waals surface area contributed by atoms with Gasteiger partial charge in [0.15, 0.2) is 11.5 Å². The summed E-state index contributed by atoms with van der Waals surface area (Å²) in [4.78, 5) is 0. The van der Waals surface area contributed by atoms with Crippen LogP contribution in [-0.2, 0) is 13.2 Å². The molecule has 6 heteroatoms. The van der Waals surface area contributed by atoms with E-state index in [1.54, 1.807) is 12.1 Å². The van der Waals surface area contributed by atoms with Crippen LogP contribution < -0.4 is 14.8 Å². The Labute approximate surface area is 180 Å². The fraction of sp³-hybridized carbons (Fsp3) is 0.217. The van der Waals surface area contributed by atoms with E-state index in [1.165, 1.54) is 12.1 Å². The molecule has 0 unspecified atom stereocenters. The Morgan fingerprint density at radius 3 is 2.41 bits per heavy atom. The Hall–Kier alpha value is -2.43. The van der Waals surface area contributed by atoms with Gasteiger partial charge in [0.2, 0.25) is 0 Å². The summed E-state index contributed by atoms with van der Waals surface area (Å²) in [6.45, 7) is 5.17. The van der Waals surface area contributed by atoms with Crippen LogP contribution in [0.15, 0.2) is 54.6 Å². The van der Waals surface area contributed by atoms with Gasteiger partial charge >= 0.3 is 0 Å². The van der Waals surface area contributed by atoms with Crippen molar-refractivity contribution in [2.75, 3.05) is 11.9 Å². The normalized spacial score (nSPS) is 10.7. The number of hydrogen-bond acceptors (Lipinski definition) is 3. The van der Waals surface area contributed by atoms with Crippen LogP contribution in [0, 0.1) is 12.7 Å². The van der Waals surface area contributed by atoms with E-state index >= 15 is 0 Å². The molecule has 0 spiro atoms. The van der Waals surface area contributed by atoms with E-state index < -0.39 is 0 Å². The average molecular weight is 434 g/mol. The van der Waals surface area contributed by atoms with Crippen molar-refractivity contribution < 1.29 is 13.9 Å². The van der Waals surface area contributed by atoms with Crippen molar-refractivity contribution in [2.45, 2.75) is 27.0 Å². The number of rotatable bonds is 8. The summed E-state index contributed by atoms with van der Waals surface area (Å²) in [5, 5.41) is 4.55. The highest BCUT2D eigenvalue weighted by Crippen LogP contribution is 2.37. The van der Waals surface area contributed by atoms with Crippen LogP contribution >= 0.6 is 23.2 Å². The van der Waals surface area contributed by atoms with E-state index in [9.17, 15) is 4.39 Å². The lowest BCUT2D eigenvalue weighted by atomic mass is 10.1. The van der Waals surface area contributed by atoms with Gasteiger partial charge in [-0.15, -0.1) is 0 Å². The van der Waals surface area contributed by atoms with Crippen LogP contribution in [0.3, 0.4) is 0 Å². The minimum Gasteiger partial charge on any atom is -0.490 e. The Bertz CT molecular complexity index is 977. The molecule has 0 aliphatic carbocycles. The third kappa shape index (κ3) is 5.55. The van der Waals surface area contributed by atoms with E-state index in [0.29, 0.717) is 34.7 Å². The van der Waals surface area contributed by atoms with E-state index in [1.807, 2.05) is 44.2 Å². The topological polar surface area (TPSA) is 30.5 Å². The Morgan fingerprint density at radius 2 is 1.69 bits per heavy atom. The summed E-state index contributed by atoms with van der Waals surface area (Å²) in [6.07, 6.45) is 0. The monoisotopic (exact) mass is 433 g/mol. The molecule has 3 aromatic carbocycles. The first-order valence-electron chi connectivity index (χ1n) is 9.29. The second kappa shape index (κ2) is 9.86. The maximum atomic E-state index is 13.1. The maximum Gasteiger partial charge on any atom is 0.180 e. The SMILES string of the molecule is CCOc1cc(CNc2cccc(Cl)c2C)cc(Cl)c1OCc1ccc(F)cc1. The molecular weight excluding hydrogens is 412 g/mol. The molecule has 0 bridgehead atoms. The molecule has 0 aromatic heterocycles. The van der Waals surface area contributed by atoms with Crippen molar-refractivity contribution in [3.8, 4) is 11.5 Å². The molecule has 0 heterocycles. The lowest BCUT2D eigenvalue weighted by Crippen LogP contribution is -2.04. The van der Waals surface area contributed by atoms with Crippen molar-refractivity contribution in [3.63, 3.8) is 0 Å². The van der Waals surface area contributed by atoms with Crippen LogP contribution in [-0.4, -0.2) is 6.61 Å². The number of anilines is 1. The number of ether oxygens (including phenoxy) is 2. The first kappa shape index (κ1) is 21.3. The largest absolute Gasteiger partial charge is 0.490 e. The molecule has 29 heavy (non-hydrogen) atoms. The van der Waals surface area contributed by atoms with Gasteiger partial charge in [-0.3, -0.25) is 0 Å². The van der Waals surface area contributed by atoms with Gasteiger partial charge < -0.3 is 14.8 Å². The zero-order valence-corrected chi connectivity index (χ0v) is 17.8. The molecule has 0 aliphatic heterocycles. The van der Waals surface area contributed by atoms with Gasteiger partial charge in [-0.25, -0.2) is 4.39 Å². The molecule has 0 atom stereocenters. The lowest BCUT2D eigenvalue weighted by molar-refractivity contribution is 0.269. The van der Waals surface area contributed by atoms with Gasteiger partial charge in [0.05, 0.1) is 11.6 Å². The van der Waals surface area contributed by atoms with E-state index in [0.717, 1.165) is 22.4 Å². The number of nitrogens with one attached hydrogen (secondary N) is 1. The molecule has 3 nitrogen and oxygen atoms in total. The van der Waals surface area contributed by atoms with Crippen LogP contribution in [0.25, 0.3) is 0 Å². The van der Waals surface area contributed by atoms with E-state index in [-0.39, 0.29) is 12.4 Å². The Morgan fingerprint density at radius 1 is 0.931 bits per heavy atom. The van der Waals surface area contributed by atoms with Crippen LogP contribution in [0.2, 0.25) is 10.0 Å². The van der Waals surface area contributed by atoms with Crippen LogP contribution in [0.1, 0.15) is 23.6 Å². The quantitative estimate of drug-likeness (QED) is 0.413. The molecule has 3 aromatic rings. The Balaban J connectivity index is 1.76. The average Bonchev–Trinajstić information content (AvgIpc) is 2.70. The molecular formula is C23H22Cl2FNO2. The van der Waals surface area contributed by atoms with Crippen LogP contribution in [0.5, 0.6) is 11.5 Å². The fourth-order valence-corrected chi connectivity index (χ4v) is 3.32. The van der Waals surface area contributed by atoms with Gasteiger partial charge in [0.1, 0.15) is 12.4 Å². The third-order valence-electron chi connectivity index (χ3n) is 4.42. The third-order valence-corrected chi connectivity index (χ3v) is 5.11. The van der Waals surface area contributed by atoms with E-state index in [4.69, 9.17) is 32.7 Å². The fourth-order valence-electron chi connectivity index (χ4n) is 2.86. The second-order valence-electron chi connectivity index (χ2n) is 6.52. The van der Waals surface area contributed by atoms with E-state index in [2.05, 4.69) is 5.32 Å². The first-order valence-corrected chi connectivity index (χ1v) is 10.0. The minimum absolute atomic E-state index is 0.263. The minimum atomic E-state index is -0.284. The predicted molar refractivity (Wildman–Crippen MR) is 117 cm³/mol. The maximum absolute atomic E-state index is 13.1. The molecule has 1 N–H and O–H groups in total. The zero-order chi connectivity index (χ0) is 20.8. The van der Waals surface area contributed by atoms with Gasteiger partial charge in [0.25, 0.3) is 0 Å². The number of halogens is 3. The highest BCUT2D eigenvalue weighted by atomic mass is 35.5. The van der Waals surface area contributed by atoms with Gasteiger partial charge in [-0.2, -0.15) is 0 Å². The molecule has 152 valence electrons. The molecule has 0 saturated heterocycles. The number of benzene rings is 3. The molecule has 0 saturated carbocycles. The summed E-state index contributed by atoms with van der Waals surface area (Å²) in [5.74, 6) is 0.760. The Kier molecular flexibility index (Phi) is 7.24. The summed E-state index contributed by atoms with van der Waals surface area (Å²) >= 11 is 12.7. The summed E-state index contributed by atoms with van der Waals surface area (Å²) in [6, 6.07) is 15.6. The smallest absolute Gasteiger partial charge is 0.180 e. The zero-order valence-electron chi connectivity index (χ0n) is 16.3. The van der Waals surface area contributed by atoms with Crippen molar-refractivity contribution in [1.82, 2.24) is 0 Å². The summed E-state index contributed by atoms with van der Waals surface area (Å²) in [5.41, 5.74) is 3.74. The molecule has 0 fully saturated rings. The van der Waals surface area contributed by atoms with Gasteiger partial charge in [-0.05, 0) is 66.9 Å². The highest BCUT2D eigenvalue weighted by molar-refractivity contribution is 6.32.